The van der Waals surface area contributed by atoms with Crippen LogP contribution < -0.4 is 5.32 Å². The Kier molecular flexibility index (Phi) is 3.73. The summed E-state index contributed by atoms with van der Waals surface area (Å²) >= 11 is 7.93. The van der Waals surface area contributed by atoms with Crippen LogP contribution in [0.5, 0.6) is 0 Å². The summed E-state index contributed by atoms with van der Waals surface area (Å²) in [7, 11) is 0. The van der Waals surface area contributed by atoms with Gasteiger partial charge >= 0.3 is 0 Å². The number of nitrogens with one attached hydrogen (secondary N) is 1. The van der Waals surface area contributed by atoms with E-state index in [-0.39, 0.29) is 0 Å². The zero-order valence-electron chi connectivity index (χ0n) is 12.1. The molecule has 0 fully saturated rings. The van der Waals surface area contributed by atoms with Crippen molar-refractivity contribution in [2.45, 2.75) is 16.6 Å². The fraction of sp³-hybridized carbons (Fsp3) is 0.158. The van der Waals surface area contributed by atoms with Crippen LogP contribution >= 0.6 is 23.4 Å². The van der Waals surface area contributed by atoms with E-state index in [1.54, 1.807) is 0 Å². The molecule has 1 unspecified atom stereocenters. The van der Waals surface area contributed by atoms with E-state index in [1.807, 2.05) is 23.9 Å². The molecule has 0 bridgehead atoms. The first kappa shape index (κ1) is 14.0. The highest BCUT2D eigenvalue weighted by Gasteiger charge is 2.20. The van der Waals surface area contributed by atoms with Crippen LogP contribution in [0, 0.1) is 0 Å². The van der Waals surface area contributed by atoms with E-state index in [2.05, 4.69) is 53.8 Å². The maximum Gasteiger partial charge on any atom is 0.0558 e. The topological polar surface area (TPSA) is 12.0 Å². The van der Waals surface area contributed by atoms with Gasteiger partial charge < -0.3 is 5.32 Å². The summed E-state index contributed by atoms with van der Waals surface area (Å²) in [5.74, 6) is 0. The highest BCUT2D eigenvalue weighted by Crippen LogP contribution is 2.40. The summed E-state index contributed by atoms with van der Waals surface area (Å²) in [5, 5.41) is 7.61. The van der Waals surface area contributed by atoms with Gasteiger partial charge in [0.15, 0.2) is 0 Å². The molecule has 22 heavy (non-hydrogen) atoms. The van der Waals surface area contributed by atoms with Gasteiger partial charge in [-0.3, -0.25) is 0 Å². The Bertz CT molecular complexity index is 813. The first-order valence-corrected chi connectivity index (χ1v) is 8.72. The Labute approximate surface area is 139 Å². The molecular weight excluding hydrogens is 310 g/mol. The summed E-state index contributed by atoms with van der Waals surface area (Å²) in [4.78, 5) is 1.35. The number of hydrogen-bond acceptors (Lipinski definition) is 2. The Balaban J connectivity index is 1.59. The van der Waals surface area contributed by atoms with Crippen LogP contribution in [0.15, 0.2) is 65.6 Å². The Morgan fingerprint density at radius 2 is 1.82 bits per heavy atom. The molecule has 1 heterocycles. The van der Waals surface area contributed by atoms with Crippen molar-refractivity contribution in [3.63, 3.8) is 0 Å². The Morgan fingerprint density at radius 1 is 1.00 bits per heavy atom. The Hall–Kier alpha value is -1.64. The van der Waals surface area contributed by atoms with Gasteiger partial charge in [0.25, 0.3) is 0 Å². The summed E-state index contributed by atoms with van der Waals surface area (Å²) in [5.41, 5.74) is 2.63. The monoisotopic (exact) mass is 325 g/mol. The molecule has 0 spiro atoms. The molecule has 0 aromatic heterocycles. The van der Waals surface area contributed by atoms with Gasteiger partial charge in [-0.1, -0.05) is 54.1 Å². The standard InChI is InChI=1S/C19H16ClNS/c20-15-8-5-13(6-9-15)11-16-12-21-19-17-4-2-1-3-14(17)7-10-18(19)22-16/h1-10,16,21H,11-12H2. The van der Waals surface area contributed by atoms with Crippen molar-refractivity contribution in [2.75, 3.05) is 11.9 Å². The number of hydrogen-bond donors (Lipinski definition) is 1. The van der Waals surface area contributed by atoms with E-state index < -0.39 is 0 Å². The van der Waals surface area contributed by atoms with E-state index in [0.717, 1.165) is 18.0 Å². The lowest BCUT2D eigenvalue weighted by molar-refractivity contribution is 0.871. The van der Waals surface area contributed by atoms with Gasteiger partial charge in [0.1, 0.15) is 0 Å². The second kappa shape index (κ2) is 5.86. The lowest BCUT2D eigenvalue weighted by Crippen LogP contribution is -2.23. The fourth-order valence-electron chi connectivity index (χ4n) is 2.97. The second-order valence-corrected chi connectivity index (χ2v) is 7.39. The van der Waals surface area contributed by atoms with Crippen LogP contribution in [0.3, 0.4) is 0 Å². The van der Waals surface area contributed by atoms with Crippen LogP contribution in [0.2, 0.25) is 5.02 Å². The first-order valence-electron chi connectivity index (χ1n) is 7.46. The second-order valence-electron chi connectivity index (χ2n) is 5.61. The van der Waals surface area contributed by atoms with Crippen molar-refractivity contribution in [2.24, 2.45) is 0 Å². The summed E-state index contributed by atoms with van der Waals surface area (Å²) in [6.45, 7) is 0.994. The first-order chi connectivity index (χ1) is 10.8. The van der Waals surface area contributed by atoms with Gasteiger partial charge in [-0.15, -0.1) is 11.8 Å². The van der Waals surface area contributed by atoms with Gasteiger partial charge in [0.2, 0.25) is 0 Å². The number of thioether (sulfide) groups is 1. The lowest BCUT2D eigenvalue weighted by Gasteiger charge is -2.27. The number of benzene rings is 3. The summed E-state index contributed by atoms with van der Waals surface area (Å²) < 4.78 is 0. The fourth-order valence-corrected chi connectivity index (χ4v) is 4.34. The third-order valence-corrected chi connectivity index (χ3v) is 5.58. The molecule has 1 aliphatic heterocycles. The molecule has 0 radical (unpaired) electrons. The van der Waals surface area contributed by atoms with E-state index >= 15 is 0 Å². The van der Waals surface area contributed by atoms with Gasteiger partial charge in [0, 0.05) is 27.1 Å². The molecule has 3 aromatic carbocycles. The minimum absolute atomic E-state index is 0.551. The minimum atomic E-state index is 0.551. The van der Waals surface area contributed by atoms with Crippen molar-refractivity contribution in [3.05, 3.63) is 71.2 Å². The highest BCUT2D eigenvalue weighted by molar-refractivity contribution is 8.00. The van der Waals surface area contributed by atoms with Crippen LogP contribution in [0.1, 0.15) is 5.56 Å². The molecule has 1 atom stereocenters. The molecule has 110 valence electrons. The molecule has 1 N–H and O–H groups in total. The normalized spacial score (nSPS) is 17.0. The van der Waals surface area contributed by atoms with E-state index in [0.29, 0.717) is 5.25 Å². The molecule has 4 rings (SSSR count). The van der Waals surface area contributed by atoms with E-state index in [9.17, 15) is 0 Å². The molecule has 3 aromatic rings. The zero-order chi connectivity index (χ0) is 14.9. The van der Waals surface area contributed by atoms with Crippen LogP contribution in [0.25, 0.3) is 10.8 Å². The zero-order valence-corrected chi connectivity index (χ0v) is 13.6. The van der Waals surface area contributed by atoms with Gasteiger partial charge in [-0.2, -0.15) is 0 Å². The van der Waals surface area contributed by atoms with Crippen molar-refractivity contribution in [1.29, 1.82) is 0 Å². The smallest absolute Gasteiger partial charge is 0.0558 e. The predicted molar refractivity (Wildman–Crippen MR) is 97.2 cm³/mol. The molecule has 3 heteroatoms. The Morgan fingerprint density at radius 3 is 2.68 bits per heavy atom. The van der Waals surface area contributed by atoms with E-state index in [1.165, 1.54) is 26.9 Å². The lowest BCUT2D eigenvalue weighted by atomic mass is 10.1. The largest absolute Gasteiger partial charge is 0.382 e. The average molecular weight is 326 g/mol. The van der Waals surface area contributed by atoms with Gasteiger partial charge in [0.05, 0.1) is 5.69 Å². The number of rotatable bonds is 2. The molecule has 0 saturated carbocycles. The number of halogens is 1. The van der Waals surface area contributed by atoms with Crippen molar-refractivity contribution >= 4 is 39.8 Å². The van der Waals surface area contributed by atoms with Gasteiger partial charge in [-0.05, 0) is 35.6 Å². The minimum Gasteiger partial charge on any atom is -0.382 e. The third kappa shape index (κ3) is 2.69. The maximum absolute atomic E-state index is 5.96. The maximum atomic E-state index is 5.96. The van der Waals surface area contributed by atoms with Crippen LogP contribution in [-0.2, 0) is 6.42 Å². The predicted octanol–water partition coefficient (Wildman–Crippen LogP) is 5.62. The van der Waals surface area contributed by atoms with Crippen molar-refractivity contribution in [3.8, 4) is 0 Å². The van der Waals surface area contributed by atoms with E-state index in [4.69, 9.17) is 11.6 Å². The molecule has 1 nitrogen and oxygen atoms in total. The number of anilines is 1. The van der Waals surface area contributed by atoms with Crippen LogP contribution in [-0.4, -0.2) is 11.8 Å². The highest BCUT2D eigenvalue weighted by atomic mass is 35.5. The quantitative estimate of drug-likeness (QED) is 0.656. The summed E-state index contributed by atoms with van der Waals surface area (Å²) in [6, 6.07) is 21.2. The third-order valence-electron chi connectivity index (χ3n) is 4.07. The molecule has 0 aliphatic carbocycles. The molecule has 0 saturated heterocycles. The van der Waals surface area contributed by atoms with Crippen molar-refractivity contribution < 1.29 is 0 Å². The SMILES string of the molecule is Clc1ccc(CC2CNc3c(ccc4ccccc34)S2)cc1. The average Bonchev–Trinajstić information content (AvgIpc) is 2.57. The molecule has 1 aliphatic rings. The number of fused-ring (bicyclic) bond motifs is 3. The summed E-state index contributed by atoms with van der Waals surface area (Å²) in [6.07, 6.45) is 1.06. The molecule has 0 amide bonds. The van der Waals surface area contributed by atoms with Crippen LogP contribution in [0.4, 0.5) is 5.69 Å². The van der Waals surface area contributed by atoms with Crippen molar-refractivity contribution in [1.82, 2.24) is 0 Å². The van der Waals surface area contributed by atoms with Gasteiger partial charge in [-0.25, -0.2) is 0 Å². The molecular formula is C19H16ClNS.